The molecule has 9 heteroatoms. The summed E-state index contributed by atoms with van der Waals surface area (Å²) in [6.45, 7) is 6.52. The molecular formula is C22H31N5O3S. The molecular weight excluding hydrogens is 414 g/mol. The topological polar surface area (TPSA) is 95.9 Å². The fraction of sp³-hybridized carbons (Fsp3) is 0.455. The van der Waals surface area contributed by atoms with Crippen LogP contribution in [0.4, 0.5) is 0 Å². The van der Waals surface area contributed by atoms with Crippen LogP contribution >= 0.6 is 11.3 Å². The SMILES string of the molecule is CCOC(=O)c1sc(C(C)NC(=NCC(=O)N(C)C)NCCc2ccccc2)nc1C. The highest BCUT2D eigenvalue weighted by Crippen LogP contribution is 2.24. The maximum Gasteiger partial charge on any atom is 0.350 e. The van der Waals surface area contributed by atoms with Crippen LogP contribution in [-0.2, 0) is 16.0 Å². The predicted octanol–water partition coefficient (Wildman–Crippen LogP) is 2.56. The van der Waals surface area contributed by atoms with Crippen molar-refractivity contribution in [3.63, 3.8) is 0 Å². The molecule has 0 fully saturated rings. The number of esters is 1. The molecule has 0 saturated carbocycles. The van der Waals surface area contributed by atoms with Gasteiger partial charge in [-0.3, -0.25) is 4.79 Å². The van der Waals surface area contributed by atoms with Crippen molar-refractivity contribution in [2.75, 3.05) is 33.8 Å². The number of aromatic nitrogens is 1. The second-order valence-electron chi connectivity index (χ2n) is 7.17. The van der Waals surface area contributed by atoms with E-state index in [1.807, 2.05) is 25.1 Å². The monoisotopic (exact) mass is 445 g/mol. The molecule has 8 nitrogen and oxygen atoms in total. The number of carbonyl (C=O) groups excluding carboxylic acids is 2. The Kier molecular flexibility index (Phi) is 9.45. The van der Waals surface area contributed by atoms with Gasteiger partial charge in [-0.15, -0.1) is 11.3 Å². The van der Waals surface area contributed by atoms with E-state index in [1.54, 1.807) is 27.9 Å². The van der Waals surface area contributed by atoms with Crippen molar-refractivity contribution in [1.29, 1.82) is 0 Å². The van der Waals surface area contributed by atoms with Crippen molar-refractivity contribution in [1.82, 2.24) is 20.5 Å². The van der Waals surface area contributed by atoms with Crippen LogP contribution in [0.25, 0.3) is 0 Å². The summed E-state index contributed by atoms with van der Waals surface area (Å²) in [7, 11) is 3.40. The molecule has 0 aliphatic rings. The minimum absolute atomic E-state index is 0.0331. The molecule has 2 N–H and O–H groups in total. The highest BCUT2D eigenvalue weighted by Gasteiger charge is 2.20. The van der Waals surface area contributed by atoms with Crippen molar-refractivity contribution < 1.29 is 14.3 Å². The van der Waals surface area contributed by atoms with E-state index in [2.05, 4.69) is 32.7 Å². The third-order valence-electron chi connectivity index (χ3n) is 4.42. The number of hydrogen-bond acceptors (Lipinski definition) is 6. The summed E-state index contributed by atoms with van der Waals surface area (Å²) in [4.78, 5) is 35.0. The van der Waals surface area contributed by atoms with Gasteiger partial charge in [0.15, 0.2) is 5.96 Å². The molecule has 31 heavy (non-hydrogen) atoms. The van der Waals surface area contributed by atoms with E-state index >= 15 is 0 Å². The average molecular weight is 446 g/mol. The Morgan fingerprint density at radius 2 is 1.97 bits per heavy atom. The fourth-order valence-electron chi connectivity index (χ4n) is 2.67. The summed E-state index contributed by atoms with van der Waals surface area (Å²) in [5.74, 6) is 0.0677. The summed E-state index contributed by atoms with van der Waals surface area (Å²) >= 11 is 1.30. The third kappa shape index (κ3) is 7.67. The van der Waals surface area contributed by atoms with E-state index in [9.17, 15) is 9.59 Å². The van der Waals surface area contributed by atoms with Crippen molar-refractivity contribution >= 4 is 29.2 Å². The lowest BCUT2D eigenvalue weighted by atomic mass is 10.1. The van der Waals surface area contributed by atoms with Crippen LogP contribution in [-0.4, -0.2) is 61.5 Å². The van der Waals surface area contributed by atoms with Crippen molar-refractivity contribution in [2.45, 2.75) is 33.2 Å². The molecule has 1 heterocycles. The van der Waals surface area contributed by atoms with Crippen LogP contribution in [0, 0.1) is 6.92 Å². The zero-order valence-corrected chi connectivity index (χ0v) is 19.6. The highest BCUT2D eigenvalue weighted by atomic mass is 32.1. The van der Waals surface area contributed by atoms with Crippen LogP contribution in [0.15, 0.2) is 35.3 Å². The number of aryl methyl sites for hydroxylation is 1. The number of thiazole rings is 1. The van der Waals surface area contributed by atoms with E-state index < -0.39 is 0 Å². The van der Waals surface area contributed by atoms with Crippen LogP contribution in [0.2, 0.25) is 0 Å². The summed E-state index contributed by atoms with van der Waals surface area (Å²) in [6, 6.07) is 9.93. The Morgan fingerprint density at radius 3 is 2.61 bits per heavy atom. The van der Waals surface area contributed by atoms with E-state index in [1.165, 1.54) is 21.8 Å². The number of likely N-dealkylation sites (N-methyl/N-ethyl adjacent to an activating group) is 1. The average Bonchev–Trinajstić information content (AvgIpc) is 3.14. The Morgan fingerprint density at radius 1 is 1.26 bits per heavy atom. The first-order valence-electron chi connectivity index (χ1n) is 10.2. The minimum atomic E-state index is -0.359. The van der Waals surface area contributed by atoms with E-state index in [4.69, 9.17) is 4.74 Å². The van der Waals surface area contributed by atoms with Gasteiger partial charge in [0.05, 0.1) is 18.3 Å². The first kappa shape index (κ1) is 24.3. The molecule has 0 spiro atoms. The van der Waals surface area contributed by atoms with Gasteiger partial charge in [0.1, 0.15) is 16.4 Å². The van der Waals surface area contributed by atoms with Gasteiger partial charge in [-0.1, -0.05) is 30.3 Å². The van der Waals surface area contributed by atoms with E-state index in [0.717, 1.165) is 11.4 Å². The molecule has 1 unspecified atom stereocenters. The molecule has 1 amide bonds. The molecule has 0 bridgehead atoms. The van der Waals surface area contributed by atoms with E-state index in [-0.39, 0.29) is 24.5 Å². The first-order valence-corrected chi connectivity index (χ1v) is 11.1. The van der Waals surface area contributed by atoms with Crippen molar-refractivity contribution in [2.24, 2.45) is 4.99 Å². The third-order valence-corrected chi connectivity index (χ3v) is 5.74. The molecule has 0 radical (unpaired) electrons. The maximum atomic E-state index is 12.1. The molecule has 2 aromatic rings. The van der Waals surface area contributed by atoms with Crippen LogP contribution < -0.4 is 10.6 Å². The Labute approximate surface area is 187 Å². The number of aliphatic imine (C=N–C) groups is 1. The molecule has 1 atom stereocenters. The van der Waals surface area contributed by atoms with Gasteiger partial charge in [-0.05, 0) is 32.8 Å². The molecule has 0 aliphatic carbocycles. The minimum Gasteiger partial charge on any atom is -0.462 e. The fourth-order valence-corrected chi connectivity index (χ4v) is 3.63. The summed E-state index contributed by atoms with van der Waals surface area (Å²) in [5, 5.41) is 7.32. The number of amides is 1. The molecule has 1 aromatic carbocycles. The zero-order valence-electron chi connectivity index (χ0n) is 18.8. The molecule has 2 rings (SSSR count). The molecule has 1 aromatic heterocycles. The van der Waals surface area contributed by atoms with Gasteiger partial charge in [0, 0.05) is 20.6 Å². The zero-order chi connectivity index (χ0) is 22.8. The number of benzene rings is 1. The Hall–Kier alpha value is -2.94. The number of guanidine groups is 1. The van der Waals surface area contributed by atoms with Gasteiger partial charge in [0.2, 0.25) is 5.91 Å². The second-order valence-corrected chi connectivity index (χ2v) is 8.20. The van der Waals surface area contributed by atoms with Crippen molar-refractivity contribution in [3.05, 3.63) is 51.5 Å². The lowest BCUT2D eigenvalue weighted by Gasteiger charge is -2.17. The summed E-state index contributed by atoms with van der Waals surface area (Å²) < 4.78 is 5.10. The number of nitrogens with one attached hydrogen (secondary N) is 2. The Bertz CT molecular complexity index is 896. The van der Waals surface area contributed by atoms with Crippen LogP contribution in [0.1, 0.15) is 45.8 Å². The molecule has 168 valence electrons. The Balaban J connectivity index is 2.08. The predicted molar refractivity (Wildman–Crippen MR) is 124 cm³/mol. The van der Waals surface area contributed by atoms with Crippen LogP contribution in [0.3, 0.4) is 0 Å². The number of carbonyl (C=O) groups is 2. The van der Waals surface area contributed by atoms with Gasteiger partial charge >= 0.3 is 5.97 Å². The maximum absolute atomic E-state index is 12.1. The lowest BCUT2D eigenvalue weighted by molar-refractivity contribution is -0.127. The van der Waals surface area contributed by atoms with Gasteiger partial charge in [-0.2, -0.15) is 0 Å². The summed E-state index contributed by atoms with van der Waals surface area (Å²) in [6.07, 6.45) is 0.820. The second kappa shape index (κ2) is 12.0. The number of nitrogens with zero attached hydrogens (tertiary/aromatic N) is 3. The quantitative estimate of drug-likeness (QED) is 0.350. The smallest absolute Gasteiger partial charge is 0.350 e. The van der Waals surface area contributed by atoms with Crippen molar-refractivity contribution in [3.8, 4) is 0 Å². The number of hydrogen-bond donors (Lipinski definition) is 2. The molecule has 0 aliphatic heterocycles. The van der Waals surface area contributed by atoms with Gasteiger partial charge in [0.25, 0.3) is 0 Å². The number of ether oxygens (including phenoxy) is 1. The standard InChI is InChI=1S/C22H31N5O3S/c1-6-30-21(29)19-15(2)25-20(31-19)16(3)26-22(24-14-18(28)27(4)5)23-13-12-17-10-8-7-9-11-17/h7-11,16H,6,12-14H2,1-5H3,(H2,23,24,26). The van der Waals surface area contributed by atoms with Gasteiger partial charge < -0.3 is 20.3 Å². The van der Waals surface area contributed by atoms with Crippen LogP contribution in [0.5, 0.6) is 0 Å². The molecule has 0 saturated heterocycles. The van der Waals surface area contributed by atoms with E-state index in [0.29, 0.717) is 29.7 Å². The largest absolute Gasteiger partial charge is 0.462 e. The highest BCUT2D eigenvalue weighted by molar-refractivity contribution is 7.13. The normalized spacial score (nSPS) is 12.2. The number of rotatable bonds is 9. The lowest BCUT2D eigenvalue weighted by Crippen LogP contribution is -2.40. The van der Waals surface area contributed by atoms with Gasteiger partial charge in [-0.25, -0.2) is 14.8 Å². The summed E-state index contributed by atoms with van der Waals surface area (Å²) in [5.41, 5.74) is 1.85. The first-order chi connectivity index (χ1) is 14.8.